The summed E-state index contributed by atoms with van der Waals surface area (Å²) in [6, 6.07) is 16.9. The molecule has 0 aliphatic carbocycles. The van der Waals surface area contributed by atoms with Crippen LogP contribution in [0, 0.1) is 0 Å². The van der Waals surface area contributed by atoms with Crippen molar-refractivity contribution in [1.82, 2.24) is 0 Å². The van der Waals surface area contributed by atoms with Crippen LogP contribution in [0.25, 0.3) is 6.08 Å². The van der Waals surface area contributed by atoms with Gasteiger partial charge in [0, 0.05) is 10.5 Å². The van der Waals surface area contributed by atoms with Gasteiger partial charge in [-0.3, -0.25) is 4.79 Å². The molecule has 0 amide bonds. The largest absolute Gasteiger partial charge is 0.454 e. The minimum Gasteiger partial charge on any atom is -0.454 e. The van der Waals surface area contributed by atoms with Gasteiger partial charge in [0.15, 0.2) is 17.3 Å². The third-order valence-corrected chi connectivity index (χ3v) is 5.15. The Hall–Kier alpha value is -3.58. The highest BCUT2D eigenvalue weighted by molar-refractivity contribution is 9.10. The Labute approximate surface area is 179 Å². The lowest BCUT2D eigenvalue weighted by Crippen LogP contribution is -2.08. The maximum atomic E-state index is 12.7. The van der Waals surface area contributed by atoms with E-state index in [1.807, 2.05) is 6.07 Å². The monoisotopic (exact) mass is 464 g/mol. The zero-order valence-electron chi connectivity index (χ0n) is 15.4. The first-order chi connectivity index (χ1) is 14.6. The average molecular weight is 465 g/mol. The van der Waals surface area contributed by atoms with Crippen LogP contribution in [0.5, 0.6) is 23.0 Å². The van der Waals surface area contributed by atoms with Gasteiger partial charge in [0.25, 0.3) is 0 Å². The molecule has 0 bridgehead atoms. The normalized spacial score (nSPS) is 15.1. The van der Waals surface area contributed by atoms with Crippen LogP contribution >= 0.6 is 15.9 Å². The molecule has 30 heavy (non-hydrogen) atoms. The van der Waals surface area contributed by atoms with Gasteiger partial charge in [-0.05, 0) is 60.2 Å². The summed E-state index contributed by atoms with van der Waals surface area (Å²) in [5.74, 6) is 1.36. The molecule has 0 fully saturated rings. The van der Waals surface area contributed by atoms with Gasteiger partial charge in [0.2, 0.25) is 12.6 Å². The van der Waals surface area contributed by atoms with Crippen molar-refractivity contribution >= 4 is 33.8 Å². The Kier molecular flexibility index (Phi) is 4.52. The summed E-state index contributed by atoms with van der Waals surface area (Å²) in [5, 5.41) is 0. The van der Waals surface area contributed by atoms with E-state index in [2.05, 4.69) is 15.9 Å². The van der Waals surface area contributed by atoms with Crippen LogP contribution < -0.4 is 18.9 Å². The van der Waals surface area contributed by atoms with Crippen LogP contribution in [-0.2, 0) is 0 Å². The van der Waals surface area contributed by atoms with Crippen molar-refractivity contribution < 1.29 is 28.5 Å². The van der Waals surface area contributed by atoms with E-state index in [0.717, 1.165) is 10.0 Å². The van der Waals surface area contributed by atoms with Gasteiger partial charge in [0.1, 0.15) is 11.5 Å². The smallest absolute Gasteiger partial charge is 0.343 e. The highest BCUT2D eigenvalue weighted by Gasteiger charge is 2.28. The van der Waals surface area contributed by atoms with Gasteiger partial charge in [-0.1, -0.05) is 22.0 Å². The summed E-state index contributed by atoms with van der Waals surface area (Å²) in [5.41, 5.74) is 1.57. The molecule has 3 aromatic rings. The first kappa shape index (κ1) is 18.4. The Balaban J connectivity index is 1.36. The van der Waals surface area contributed by atoms with E-state index in [1.165, 1.54) is 6.07 Å². The SMILES string of the molecule is O=C(Oc1ccc2c(c1)O/C(=C\c1ccc3c(c1)OCO3)C2=O)c1ccc(Br)cc1. The van der Waals surface area contributed by atoms with Gasteiger partial charge < -0.3 is 18.9 Å². The van der Waals surface area contributed by atoms with Crippen LogP contribution in [0.2, 0.25) is 0 Å². The summed E-state index contributed by atoms with van der Waals surface area (Å²) < 4.78 is 22.7. The Morgan fingerprint density at radius 1 is 0.933 bits per heavy atom. The van der Waals surface area contributed by atoms with Gasteiger partial charge in [-0.15, -0.1) is 0 Å². The Morgan fingerprint density at radius 3 is 2.57 bits per heavy atom. The number of halogens is 1. The van der Waals surface area contributed by atoms with Gasteiger partial charge in [-0.2, -0.15) is 0 Å². The first-order valence-corrected chi connectivity index (χ1v) is 9.82. The number of fused-ring (bicyclic) bond motifs is 2. The molecule has 0 aromatic heterocycles. The molecule has 0 saturated heterocycles. The minimum absolute atomic E-state index is 0.179. The molecule has 0 radical (unpaired) electrons. The molecule has 2 aliphatic heterocycles. The number of hydrogen-bond donors (Lipinski definition) is 0. The lowest BCUT2D eigenvalue weighted by molar-refractivity contribution is 0.0734. The van der Waals surface area contributed by atoms with Crippen LogP contribution in [-0.4, -0.2) is 18.5 Å². The quantitative estimate of drug-likeness (QED) is 0.308. The molecule has 0 unspecified atom stereocenters. The molecule has 0 N–H and O–H groups in total. The third-order valence-electron chi connectivity index (χ3n) is 4.63. The summed E-state index contributed by atoms with van der Waals surface area (Å²) in [4.78, 5) is 25.0. The average Bonchev–Trinajstić information content (AvgIpc) is 3.32. The zero-order valence-corrected chi connectivity index (χ0v) is 17.0. The number of esters is 1. The molecule has 0 saturated carbocycles. The molecule has 2 heterocycles. The lowest BCUT2D eigenvalue weighted by Gasteiger charge is -2.06. The summed E-state index contributed by atoms with van der Waals surface area (Å²) >= 11 is 3.33. The van der Waals surface area contributed by atoms with Crippen molar-refractivity contribution in [2.75, 3.05) is 6.79 Å². The number of ether oxygens (including phenoxy) is 4. The number of ketones is 1. The number of rotatable bonds is 3. The fraction of sp³-hybridized carbons (Fsp3) is 0.0435. The number of allylic oxidation sites excluding steroid dienone is 1. The summed E-state index contributed by atoms with van der Waals surface area (Å²) in [6.07, 6.45) is 1.64. The van der Waals surface area contributed by atoms with E-state index in [4.69, 9.17) is 18.9 Å². The highest BCUT2D eigenvalue weighted by atomic mass is 79.9. The van der Waals surface area contributed by atoms with E-state index in [0.29, 0.717) is 34.1 Å². The molecule has 7 heteroatoms. The molecular weight excluding hydrogens is 452 g/mol. The minimum atomic E-state index is -0.497. The van der Waals surface area contributed by atoms with Crippen LogP contribution in [0.4, 0.5) is 0 Å². The molecular formula is C23H13BrO6. The van der Waals surface area contributed by atoms with Crippen molar-refractivity contribution in [3.8, 4) is 23.0 Å². The topological polar surface area (TPSA) is 71.1 Å². The third kappa shape index (κ3) is 3.44. The molecule has 6 nitrogen and oxygen atoms in total. The van der Waals surface area contributed by atoms with Crippen molar-refractivity contribution in [3.05, 3.63) is 87.6 Å². The zero-order chi connectivity index (χ0) is 20.7. The van der Waals surface area contributed by atoms with Crippen molar-refractivity contribution in [2.24, 2.45) is 0 Å². The molecule has 2 aliphatic rings. The van der Waals surface area contributed by atoms with Gasteiger partial charge in [0.05, 0.1) is 11.1 Å². The maximum absolute atomic E-state index is 12.7. The van der Waals surface area contributed by atoms with Gasteiger partial charge >= 0.3 is 5.97 Å². The number of Topliss-reactive ketones (excluding diaryl/α,β-unsaturated/α-hetero) is 1. The number of carbonyl (C=O) groups excluding carboxylic acids is 2. The predicted octanol–water partition coefficient (Wildman–Crippen LogP) is 5.01. The maximum Gasteiger partial charge on any atom is 0.343 e. The first-order valence-electron chi connectivity index (χ1n) is 9.02. The second kappa shape index (κ2) is 7.35. The van der Waals surface area contributed by atoms with E-state index >= 15 is 0 Å². The van der Waals surface area contributed by atoms with E-state index in [-0.39, 0.29) is 18.3 Å². The Bertz CT molecular complexity index is 1210. The molecule has 0 atom stereocenters. The molecule has 3 aromatic carbocycles. The summed E-state index contributed by atoms with van der Waals surface area (Å²) in [7, 11) is 0. The van der Waals surface area contributed by atoms with Crippen LogP contribution in [0.3, 0.4) is 0 Å². The van der Waals surface area contributed by atoms with Gasteiger partial charge in [-0.25, -0.2) is 4.79 Å². The van der Waals surface area contributed by atoms with Crippen molar-refractivity contribution in [1.29, 1.82) is 0 Å². The molecule has 0 spiro atoms. The van der Waals surface area contributed by atoms with E-state index < -0.39 is 5.97 Å². The fourth-order valence-corrected chi connectivity index (χ4v) is 3.40. The number of carbonyl (C=O) groups is 2. The Morgan fingerprint density at radius 2 is 1.73 bits per heavy atom. The number of benzene rings is 3. The van der Waals surface area contributed by atoms with Crippen LogP contribution in [0.15, 0.2) is 70.9 Å². The van der Waals surface area contributed by atoms with Crippen LogP contribution in [0.1, 0.15) is 26.3 Å². The second-order valence-corrected chi connectivity index (χ2v) is 7.52. The van der Waals surface area contributed by atoms with Crippen molar-refractivity contribution in [2.45, 2.75) is 0 Å². The van der Waals surface area contributed by atoms with Crippen molar-refractivity contribution in [3.63, 3.8) is 0 Å². The lowest BCUT2D eigenvalue weighted by atomic mass is 10.1. The van der Waals surface area contributed by atoms with E-state index in [1.54, 1.807) is 54.6 Å². The molecule has 5 rings (SSSR count). The fourth-order valence-electron chi connectivity index (χ4n) is 3.14. The van der Waals surface area contributed by atoms with E-state index in [9.17, 15) is 9.59 Å². The molecule has 148 valence electrons. The second-order valence-electron chi connectivity index (χ2n) is 6.61. The summed E-state index contributed by atoms with van der Waals surface area (Å²) in [6.45, 7) is 0.179. The highest BCUT2D eigenvalue weighted by Crippen LogP contribution is 2.37. The predicted molar refractivity (Wildman–Crippen MR) is 111 cm³/mol. The number of hydrogen-bond acceptors (Lipinski definition) is 6. The standard InChI is InChI=1S/C23H13BrO6/c24-15-4-2-14(3-5-15)23(26)29-16-6-7-17-19(11-16)30-21(22(17)25)10-13-1-8-18-20(9-13)28-12-27-18/h1-11H,12H2/b21-10-.